The minimum atomic E-state index is -3.49. The van der Waals surface area contributed by atoms with Crippen LogP contribution < -0.4 is 0 Å². The molecule has 0 fully saturated rings. The van der Waals surface area contributed by atoms with E-state index in [4.69, 9.17) is 0 Å². The normalized spacial score (nSPS) is 11.7. The molecule has 0 N–H and O–H groups in total. The SMILES string of the molecule is O=S(=O)(c1ccccc1)c1ccc(/C=C/c2ccc(F)cc2)cc1. The quantitative estimate of drug-likeness (QED) is 0.639. The Morgan fingerprint density at radius 3 is 1.62 bits per heavy atom. The van der Waals surface area contributed by atoms with E-state index in [1.807, 2.05) is 12.2 Å². The zero-order valence-electron chi connectivity index (χ0n) is 12.8. The molecular formula is C20H15FO2S. The molecule has 24 heavy (non-hydrogen) atoms. The van der Waals surface area contributed by atoms with Crippen molar-refractivity contribution in [3.05, 3.63) is 95.8 Å². The van der Waals surface area contributed by atoms with E-state index in [2.05, 4.69) is 0 Å². The van der Waals surface area contributed by atoms with Gasteiger partial charge in [-0.2, -0.15) is 0 Å². The van der Waals surface area contributed by atoms with Gasteiger partial charge < -0.3 is 0 Å². The van der Waals surface area contributed by atoms with E-state index >= 15 is 0 Å². The zero-order chi connectivity index (χ0) is 17.0. The highest BCUT2D eigenvalue weighted by atomic mass is 32.2. The number of rotatable bonds is 4. The average Bonchev–Trinajstić information content (AvgIpc) is 2.62. The minimum absolute atomic E-state index is 0.257. The van der Waals surface area contributed by atoms with Crippen molar-refractivity contribution in [3.63, 3.8) is 0 Å². The molecule has 3 rings (SSSR count). The van der Waals surface area contributed by atoms with E-state index in [0.29, 0.717) is 0 Å². The van der Waals surface area contributed by atoms with Crippen molar-refractivity contribution < 1.29 is 12.8 Å². The fraction of sp³-hybridized carbons (Fsp3) is 0. The van der Waals surface area contributed by atoms with Crippen LogP contribution in [0.5, 0.6) is 0 Å². The molecule has 0 atom stereocenters. The molecule has 0 amide bonds. The Kier molecular flexibility index (Phi) is 4.58. The first-order chi connectivity index (χ1) is 11.6. The highest BCUT2D eigenvalue weighted by molar-refractivity contribution is 7.91. The number of hydrogen-bond donors (Lipinski definition) is 0. The van der Waals surface area contributed by atoms with Gasteiger partial charge in [0.1, 0.15) is 5.82 Å². The van der Waals surface area contributed by atoms with Crippen LogP contribution in [0, 0.1) is 5.82 Å². The Balaban J connectivity index is 1.82. The first-order valence-electron chi connectivity index (χ1n) is 7.39. The number of sulfone groups is 1. The van der Waals surface area contributed by atoms with E-state index in [9.17, 15) is 12.8 Å². The lowest BCUT2D eigenvalue weighted by atomic mass is 10.1. The van der Waals surface area contributed by atoms with Crippen LogP contribution in [0.1, 0.15) is 11.1 Å². The molecular weight excluding hydrogens is 323 g/mol. The van der Waals surface area contributed by atoms with Gasteiger partial charge in [-0.15, -0.1) is 0 Å². The van der Waals surface area contributed by atoms with Crippen molar-refractivity contribution in [1.82, 2.24) is 0 Å². The Labute approximate surface area is 140 Å². The molecule has 2 nitrogen and oxygen atoms in total. The van der Waals surface area contributed by atoms with Crippen LogP contribution in [0.15, 0.2) is 88.7 Å². The summed E-state index contributed by atoms with van der Waals surface area (Å²) in [6, 6.07) is 21.2. The minimum Gasteiger partial charge on any atom is -0.219 e. The summed E-state index contributed by atoms with van der Waals surface area (Å²) in [5, 5.41) is 0. The Morgan fingerprint density at radius 2 is 1.08 bits per heavy atom. The standard InChI is InChI=1S/C20H15FO2S/c21-18-12-8-16(9-13-18)6-7-17-10-14-20(15-11-17)24(22,23)19-4-2-1-3-5-19/h1-15H/b7-6+. The second-order valence-corrected chi connectivity index (χ2v) is 7.22. The van der Waals surface area contributed by atoms with Gasteiger partial charge in [-0.1, -0.05) is 54.6 Å². The molecule has 4 heteroatoms. The number of benzene rings is 3. The molecule has 0 aliphatic heterocycles. The summed E-state index contributed by atoms with van der Waals surface area (Å²) < 4.78 is 37.9. The molecule has 3 aromatic carbocycles. The van der Waals surface area contributed by atoms with Gasteiger partial charge in [-0.3, -0.25) is 0 Å². The zero-order valence-corrected chi connectivity index (χ0v) is 13.6. The summed E-state index contributed by atoms with van der Waals surface area (Å²) in [7, 11) is -3.49. The fourth-order valence-corrected chi connectivity index (χ4v) is 3.54. The van der Waals surface area contributed by atoms with E-state index in [0.717, 1.165) is 11.1 Å². The molecule has 0 aliphatic rings. The maximum absolute atomic E-state index is 12.9. The maximum atomic E-state index is 12.9. The van der Waals surface area contributed by atoms with E-state index in [1.54, 1.807) is 66.7 Å². The van der Waals surface area contributed by atoms with Gasteiger partial charge in [0.25, 0.3) is 0 Å². The highest BCUT2D eigenvalue weighted by Gasteiger charge is 2.16. The first kappa shape index (κ1) is 16.1. The maximum Gasteiger partial charge on any atom is 0.206 e. The monoisotopic (exact) mass is 338 g/mol. The Bertz CT molecular complexity index is 943. The van der Waals surface area contributed by atoms with Crippen LogP contribution in [0.25, 0.3) is 12.2 Å². The molecule has 0 saturated heterocycles. The van der Waals surface area contributed by atoms with E-state index in [1.165, 1.54) is 12.1 Å². The molecule has 0 aromatic heterocycles. The predicted molar refractivity (Wildman–Crippen MR) is 93.7 cm³/mol. The van der Waals surface area contributed by atoms with Crippen LogP contribution in [0.4, 0.5) is 4.39 Å². The van der Waals surface area contributed by atoms with Gasteiger partial charge >= 0.3 is 0 Å². The smallest absolute Gasteiger partial charge is 0.206 e. The molecule has 0 bridgehead atoms. The second kappa shape index (κ2) is 6.81. The summed E-state index contributed by atoms with van der Waals surface area (Å²) in [6.45, 7) is 0. The molecule has 0 heterocycles. The van der Waals surface area contributed by atoms with Crippen LogP contribution in [-0.4, -0.2) is 8.42 Å². The molecule has 0 radical (unpaired) electrons. The molecule has 0 spiro atoms. The summed E-state index contributed by atoms with van der Waals surface area (Å²) >= 11 is 0. The third-order valence-corrected chi connectivity index (χ3v) is 5.37. The van der Waals surface area contributed by atoms with Crippen LogP contribution in [-0.2, 0) is 9.84 Å². The summed E-state index contributed by atoms with van der Waals surface area (Å²) in [5.74, 6) is -0.275. The summed E-state index contributed by atoms with van der Waals surface area (Å²) in [4.78, 5) is 0.534. The lowest BCUT2D eigenvalue weighted by Gasteiger charge is -2.04. The Morgan fingerprint density at radius 1 is 0.625 bits per heavy atom. The van der Waals surface area contributed by atoms with Crippen molar-refractivity contribution in [2.45, 2.75) is 9.79 Å². The predicted octanol–water partition coefficient (Wildman–Crippen LogP) is 4.83. The van der Waals surface area contributed by atoms with Crippen molar-refractivity contribution in [1.29, 1.82) is 0 Å². The lowest BCUT2D eigenvalue weighted by molar-refractivity contribution is 0.596. The van der Waals surface area contributed by atoms with Crippen LogP contribution in [0.3, 0.4) is 0 Å². The van der Waals surface area contributed by atoms with Crippen LogP contribution in [0.2, 0.25) is 0 Å². The van der Waals surface area contributed by atoms with Crippen molar-refractivity contribution in [2.75, 3.05) is 0 Å². The molecule has 120 valence electrons. The van der Waals surface area contributed by atoms with Gasteiger partial charge in [0, 0.05) is 0 Å². The summed E-state index contributed by atoms with van der Waals surface area (Å²) in [5.41, 5.74) is 1.74. The van der Waals surface area contributed by atoms with Gasteiger partial charge in [-0.05, 0) is 47.5 Å². The first-order valence-corrected chi connectivity index (χ1v) is 8.88. The third-order valence-electron chi connectivity index (χ3n) is 3.58. The molecule has 0 unspecified atom stereocenters. The van der Waals surface area contributed by atoms with E-state index < -0.39 is 9.84 Å². The molecule has 0 aliphatic carbocycles. The van der Waals surface area contributed by atoms with Crippen molar-refractivity contribution in [3.8, 4) is 0 Å². The molecule has 0 saturated carbocycles. The number of halogens is 1. The second-order valence-electron chi connectivity index (χ2n) is 5.27. The van der Waals surface area contributed by atoms with Gasteiger partial charge in [0.2, 0.25) is 9.84 Å². The van der Waals surface area contributed by atoms with Gasteiger partial charge in [0.05, 0.1) is 9.79 Å². The highest BCUT2D eigenvalue weighted by Crippen LogP contribution is 2.21. The van der Waals surface area contributed by atoms with Crippen LogP contribution >= 0.6 is 0 Å². The van der Waals surface area contributed by atoms with Gasteiger partial charge in [0.15, 0.2) is 0 Å². The van der Waals surface area contributed by atoms with Crippen molar-refractivity contribution >= 4 is 22.0 Å². The summed E-state index contributed by atoms with van der Waals surface area (Å²) in [6.07, 6.45) is 3.70. The van der Waals surface area contributed by atoms with Crippen molar-refractivity contribution in [2.24, 2.45) is 0 Å². The van der Waals surface area contributed by atoms with E-state index in [-0.39, 0.29) is 15.6 Å². The average molecular weight is 338 g/mol. The number of hydrogen-bond acceptors (Lipinski definition) is 2. The topological polar surface area (TPSA) is 34.1 Å². The largest absolute Gasteiger partial charge is 0.219 e. The fourth-order valence-electron chi connectivity index (χ4n) is 2.26. The third kappa shape index (κ3) is 3.60. The Hall–Kier alpha value is -2.72. The lowest BCUT2D eigenvalue weighted by Crippen LogP contribution is -2.01. The van der Waals surface area contributed by atoms with Gasteiger partial charge in [-0.25, -0.2) is 12.8 Å². The molecule has 3 aromatic rings.